The number of para-hydroxylation sites is 1. The molecule has 1 aliphatic heterocycles. The average molecular weight is 483 g/mol. The smallest absolute Gasteiger partial charge is 0.261 e. The second kappa shape index (κ2) is 9.70. The highest BCUT2D eigenvalue weighted by Gasteiger charge is 2.23. The van der Waals surface area contributed by atoms with E-state index >= 15 is 0 Å². The van der Waals surface area contributed by atoms with Crippen molar-refractivity contribution in [1.82, 2.24) is 29.0 Å². The van der Waals surface area contributed by atoms with Gasteiger partial charge in [0.15, 0.2) is 5.65 Å². The molecule has 36 heavy (non-hydrogen) atoms. The normalized spacial score (nSPS) is 15.2. The summed E-state index contributed by atoms with van der Waals surface area (Å²) in [7, 11) is 0. The van der Waals surface area contributed by atoms with E-state index in [1.807, 2.05) is 66.2 Å². The van der Waals surface area contributed by atoms with Crippen LogP contribution in [-0.2, 0) is 19.5 Å². The lowest BCUT2D eigenvalue weighted by molar-refractivity contribution is 0.176. The van der Waals surface area contributed by atoms with Gasteiger partial charge in [0.1, 0.15) is 22.9 Å². The minimum absolute atomic E-state index is 0.0528. The van der Waals surface area contributed by atoms with Crippen LogP contribution in [0.3, 0.4) is 0 Å². The maximum atomic E-state index is 13.0. The summed E-state index contributed by atoms with van der Waals surface area (Å²) < 4.78 is 9.62. The molecular weight excluding hydrogens is 452 g/mol. The molecule has 8 nitrogen and oxygen atoms in total. The summed E-state index contributed by atoms with van der Waals surface area (Å²) in [5, 5.41) is 0.689. The largest absolute Gasteiger partial charge is 0.467 e. The molecule has 0 unspecified atom stereocenters. The van der Waals surface area contributed by atoms with Crippen molar-refractivity contribution in [1.29, 1.82) is 0 Å². The van der Waals surface area contributed by atoms with Gasteiger partial charge in [-0.1, -0.05) is 12.1 Å². The van der Waals surface area contributed by atoms with Crippen LogP contribution in [0.2, 0.25) is 0 Å². The standard InChI is InChI=1S/C28H30N6O2/c1-20-30-24-8-3-2-7-23(24)28(35)33(20)16-15-32-13-10-21(11-14-32)18-26-31-25-9-4-12-29-27(25)34(26)19-22-6-5-17-36-22/h2-9,12,17,21H,10-11,13-16,18-19H2,1H3. The van der Waals surface area contributed by atoms with E-state index in [9.17, 15) is 4.79 Å². The Labute approximate surface area is 209 Å². The number of likely N-dealkylation sites (tertiary alicyclic amines) is 1. The Bertz CT molecular complexity index is 1540. The summed E-state index contributed by atoms with van der Waals surface area (Å²) in [6.45, 7) is 6.13. The van der Waals surface area contributed by atoms with Crippen molar-refractivity contribution in [2.24, 2.45) is 5.92 Å². The molecule has 1 fully saturated rings. The molecule has 0 atom stereocenters. The van der Waals surface area contributed by atoms with Crippen LogP contribution in [0.25, 0.3) is 22.1 Å². The van der Waals surface area contributed by atoms with E-state index in [2.05, 4.69) is 19.4 Å². The lowest BCUT2D eigenvalue weighted by Crippen LogP contribution is -2.38. The highest BCUT2D eigenvalue weighted by atomic mass is 16.3. The Kier molecular flexibility index (Phi) is 6.11. The monoisotopic (exact) mass is 482 g/mol. The molecule has 0 radical (unpaired) electrons. The fourth-order valence-electron chi connectivity index (χ4n) is 5.34. The summed E-state index contributed by atoms with van der Waals surface area (Å²) in [6.07, 6.45) is 6.68. The third-order valence-electron chi connectivity index (χ3n) is 7.35. The molecule has 1 saturated heterocycles. The van der Waals surface area contributed by atoms with Gasteiger partial charge in [-0.3, -0.25) is 9.36 Å². The van der Waals surface area contributed by atoms with Gasteiger partial charge in [-0.2, -0.15) is 0 Å². The molecule has 0 N–H and O–H groups in total. The van der Waals surface area contributed by atoms with E-state index in [4.69, 9.17) is 9.40 Å². The van der Waals surface area contributed by atoms with Crippen LogP contribution in [0.5, 0.6) is 0 Å². The minimum atomic E-state index is 0.0528. The van der Waals surface area contributed by atoms with Crippen LogP contribution < -0.4 is 5.56 Å². The number of imidazole rings is 1. The molecule has 8 heteroatoms. The number of rotatable bonds is 7. The predicted octanol–water partition coefficient (Wildman–Crippen LogP) is 4.05. The zero-order valence-corrected chi connectivity index (χ0v) is 20.5. The summed E-state index contributed by atoms with van der Waals surface area (Å²) >= 11 is 0. The number of aryl methyl sites for hydroxylation is 1. The highest BCUT2D eigenvalue weighted by molar-refractivity contribution is 5.77. The Morgan fingerprint density at radius 1 is 0.944 bits per heavy atom. The first-order valence-corrected chi connectivity index (χ1v) is 12.7. The maximum Gasteiger partial charge on any atom is 0.261 e. The van der Waals surface area contributed by atoms with Gasteiger partial charge in [-0.05, 0) is 75.2 Å². The summed E-state index contributed by atoms with van der Waals surface area (Å²) in [5.74, 6) is 3.32. The van der Waals surface area contributed by atoms with Gasteiger partial charge < -0.3 is 13.9 Å². The molecule has 5 aromatic rings. The zero-order valence-electron chi connectivity index (χ0n) is 20.5. The van der Waals surface area contributed by atoms with Crippen molar-refractivity contribution in [2.45, 2.75) is 39.3 Å². The SMILES string of the molecule is Cc1nc2ccccc2c(=O)n1CCN1CCC(Cc2nc3cccnc3n2Cc2ccco2)CC1. The average Bonchev–Trinajstić information content (AvgIpc) is 3.53. The first-order chi connectivity index (χ1) is 17.7. The van der Waals surface area contributed by atoms with Gasteiger partial charge in [-0.25, -0.2) is 15.0 Å². The van der Waals surface area contributed by atoms with Crippen molar-refractivity contribution < 1.29 is 4.42 Å². The van der Waals surface area contributed by atoms with Crippen LogP contribution >= 0.6 is 0 Å². The number of fused-ring (bicyclic) bond motifs is 2. The van der Waals surface area contributed by atoms with E-state index < -0.39 is 0 Å². The van der Waals surface area contributed by atoms with E-state index in [-0.39, 0.29) is 5.56 Å². The molecule has 0 amide bonds. The molecule has 0 bridgehead atoms. The van der Waals surface area contributed by atoms with Crippen molar-refractivity contribution >= 4 is 22.1 Å². The van der Waals surface area contributed by atoms with E-state index in [1.54, 1.807) is 6.26 Å². The Morgan fingerprint density at radius 3 is 2.61 bits per heavy atom. The molecule has 0 spiro atoms. The first-order valence-electron chi connectivity index (χ1n) is 12.7. The lowest BCUT2D eigenvalue weighted by Gasteiger charge is -2.32. The van der Waals surface area contributed by atoms with Crippen LogP contribution in [0, 0.1) is 12.8 Å². The number of benzene rings is 1. The molecule has 1 aromatic carbocycles. The van der Waals surface area contributed by atoms with Crippen molar-refractivity contribution in [2.75, 3.05) is 19.6 Å². The second-order valence-corrected chi connectivity index (χ2v) is 9.66. The van der Waals surface area contributed by atoms with E-state index in [0.29, 0.717) is 24.4 Å². The zero-order chi connectivity index (χ0) is 24.5. The minimum Gasteiger partial charge on any atom is -0.467 e. The van der Waals surface area contributed by atoms with Crippen LogP contribution in [0.1, 0.15) is 30.3 Å². The molecule has 0 aliphatic carbocycles. The number of nitrogens with zero attached hydrogens (tertiary/aromatic N) is 6. The third kappa shape index (κ3) is 4.44. The number of pyridine rings is 1. The van der Waals surface area contributed by atoms with Gasteiger partial charge >= 0.3 is 0 Å². The summed E-state index contributed by atoms with van der Waals surface area (Å²) in [4.78, 5) is 29.6. The Hall–Kier alpha value is -3.78. The molecule has 184 valence electrons. The third-order valence-corrected chi connectivity index (χ3v) is 7.35. The van der Waals surface area contributed by atoms with E-state index in [1.165, 1.54) is 0 Å². The van der Waals surface area contributed by atoms with Crippen molar-refractivity contribution in [3.63, 3.8) is 0 Å². The van der Waals surface area contributed by atoms with Gasteiger partial charge in [0.05, 0.1) is 23.7 Å². The number of furan rings is 1. The quantitative estimate of drug-likeness (QED) is 0.348. The van der Waals surface area contributed by atoms with Crippen LogP contribution in [0.15, 0.2) is 70.2 Å². The fourth-order valence-corrected chi connectivity index (χ4v) is 5.34. The first kappa shape index (κ1) is 22.7. The Morgan fingerprint density at radius 2 is 1.78 bits per heavy atom. The summed E-state index contributed by atoms with van der Waals surface area (Å²) in [5.41, 5.74) is 2.66. The molecule has 0 saturated carbocycles. The number of aromatic nitrogens is 5. The number of hydrogen-bond acceptors (Lipinski definition) is 6. The number of hydrogen-bond donors (Lipinski definition) is 0. The molecule has 5 heterocycles. The summed E-state index contributed by atoms with van der Waals surface area (Å²) in [6, 6.07) is 15.5. The van der Waals surface area contributed by atoms with Gasteiger partial charge in [0.2, 0.25) is 0 Å². The molecule has 1 aliphatic rings. The number of piperidine rings is 1. The predicted molar refractivity (Wildman–Crippen MR) is 139 cm³/mol. The van der Waals surface area contributed by atoms with Crippen molar-refractivity contribution in [3.8, 4) is 0 Å². The molecule has 4 aromatic heterocycles. The molecular formula is C28H30N6O2. The maximum absolute atomic E-state index is 13.0. The van der Waals surface area contributed by atoms with E-state index in [0.717, 1.165) is 73.0 Å². The van der Waals surface area contributed by atoms with Gasteiger partial charge in [-0.15, -0.1) is 0 Å². The van der Waals surface area contributed by atoms with Gasteiger partial charge in [0, 0.05) is 25.7 Å². The fraction of sp³-hybridized carbons (Fsp3) is 0.357. The van der Waals surface area contributed by atoms with Crippen LogP contribution in [0.4, 0.5) is 0 Å². The second-order valence-electron chi connectivity index (χ2n) is 9.66. The van der Waals surface area contributed by atoms with Crippen LogP contribution in [-0.4, -0.2) is 48.6 Å². The highest BCUT2D eigenvalue weighted by Crippen LogP contribution is 2.24. The topological polar surface area (TPSA) is 82.0 Å². The Balaban J connectivity index is 1.11. The van der Waals surface area contributed by atoms with Gasteiger partial charge in [0.25, 0.3) is 5.56 Å². The lowest BCUT2D eigenvalue weighted by atomic mass is 9.93. The molecule has 6 rings (SSSR count). The van der Waals surface area contributed by atoms with Crippen molar-refractivity contribution in [3.05, 3.63) is 88.8 Å².